The Hall–Kier alpha value is -4.02. The number of anilines is 2. The van der Waals surface area contributed by atoms with E-state index in [2.05, 4.69) is 22.1 Å². The van der Waals surface area contributed by atoms with Crippen molar-refractivity contribution in [1.29, 1.82) is 0 Å². The second-order valence-electron chi connectivity index (χ2n) is 7.97. The molecule has 4 rings (SSSR count). The van der Waals surface area contributed by atoms with Crippen LogP contribution in [0.15, 0.2) is 30.5 Å². The SMILES string of the molecule is Nc1cc(Cc2cc3c(cc2F)[C@@](C#CC2CC2)(C(F)(F)F)NC(=O)N3)cc[nH+]1.O=C([O-])C(F)(F)F. The van der Waals surface area contributed by atoms with Gasteiger partial charge in [-0.05, 0) is 42.2 Å². The van der Waals surface area contributed by atoms with Crippen molar-refractivity contribution in [3.63, 3.8) is 0 Å². The van der Waals surface area contributed by atoms with Gasteiger partial charge in [0.15, 0.2) is 0 Å². The van der Waals surface area contributed by atoms with Crippen LogP contribution in [0.25, 0.3) is 0 Å². The van der Waals surface area contributed by atoms with E-state index in [1.165, 1.54) is 6.07 Å². The van der Waals surface area contributed by atoms with E-state index in [0.717, 1.165) is 6.07 Å². The molecule has 0 saturated heterocycles. The number of halogens is 7. The van der Waals surface area contributed by atoms with E-state index in [0.29, 0.717) is 24.2 Å². The summed E-state index contributed by atoms with van der Waals surface area (Å²) >= 11 is 0. The number of pyridine rings is 1. The minimum atomic E-state index is -5.19. The number of hydrogen-bond donors (Lipinski definition) is 3. The van der Waals surface area contributed by atoms with Gasteiger partial charge in [-0.15, -0.1) is 0 Å². The number of benzene rings is 1. The van der Waals surface area contributed by atoms with E-state index in [4.69, 9.17) is 15.6 Å². The smallest absolute Gasteiger partial charge is 0.430 e. The summed E-state index contributed by atoms with van der Waals surface area (Å²) in [5.74, 6) is 1.16. The number of carboxylic acid groups (broad SMARTS) is 1. The number of carbonyl (C=O) groups excluding carboxylic acids is 2. The first-order valence-corrected chi connectivity index (χ1v) is 10.2. The highest BCUT2D eigenvalue weighted by Crippen LogP contribution is 2.45. The molecule has 1 aliphatic heterocycles. The number of hydrogen-bond acceptors (Lipinski definition) is 4. The lowest BCUT2D eigenvalue weighted by Gasteiger charge is -2.37. The molecule has 2 aliphatic rings. The summed E-state index contributed by atoms with van der Waals surface area (Å²) in [5, 5.41) is 13.0. The largest absolute Gasteiger partial charge is 0.542 e. The molecule has 5 N–H and O–H groups in total. The van der Waals surface area contributed by atoms with Gasteiger partial charge in [0.25, 0.3) is 5.82 Å². The Morgan fingerprint density at radius 1 is 1.19 bits per heavy atom. The molecule has 1 aliphatic carbocycles. The number of aromatic nitrogens is 1. The van der Waals surface area contributed by atoms with Gasteiger partial charge >= 0.3 is 18.4 Å². The third-order valence-electron chi connectivity index (χ3n) is 5.12. The van der Waals surface area contributed by atoms with Crippen LogP contribution < -0.4 is 26.5 Å². The Kier molecular flexibility index (Phi) is 7.06. The monoisotopic (exact) mass is 518 g/mol. The standard InChI is InChI=1S/C20H16F4N4O.C2HF3O2/c21-15-10-14-16(9-13(15)7-12-4-6-26-17(25)8-12)27-18(29)28-19(14,20(22,23)24)5-3-11-1-2-11;3-2(4,5)1(6)7/h4,6,8-11H,1-2,7H2,(H2,25,26)(H2,27,28,29);(H,6,7)/t19-;/m0./s1. The van der Waals surface area contributed by atoms with Gasteiger partial charge in [0.1, 0.15) is 11.8 Å². The van der Waals surface area contributed by atoms with Gasteiger partial charge < -0.3 is 20.5 Å². The van der Waals surface area contributed by atoms with Gasteiger partial charge in [-0.2, -0.15) is 26.3 Å². The van der Waals surface area contributed by atoms with Gasteiger partial charge in [-0.1, -0.05) is 11.8 Å². The summed E-state index contributed by atoms with van der Waals surface area (Å²) in [7, 11) is 0. The number of amides is 2. The molecule has 1 aromatic heterocycles. The van der Waals surface area contributed by atoms with E-state index < -0.39 is 41.3 Å². The average Bonchev–Trinajstić information content (AvgIpc) is 3.56. The number of urea groups is 1. The van der Waals surface area contributed by atoms with E-state index in [-0.39, 0.29) is 23.6 Å². The van der Waals surface area contributed by atoms with Gasteiger partial charge in [0.2, 0.25) is 5.54 Å². The molecule has 14 heteroatoms. The van der Waals surface area contributed by atoms with Gasteiger partial charge in [0, 0.05) is 29.7 Å². The number of aliphatic carboxylic acids is 1. The Balaban J connectivity index is 0.000000454. The summed E-state index contributed by atoms with van der Waals surface area (Å²) in [6.45, 7) is 0. The Bertz CT molecular complexity index is 1250. The van der Waals surface area contributed by atoms with Crippen LogP contribution in [0.3, 0.4) is 0 Å². The topological polar surface area (TPSA) is 121 Å². The van der Waals surface area contributed by atoms with Gasteiger partial charge in [-0.25, -0.2) is 14.2 Å². The highest BCUT2D eigenvalue weighted by Gasteiger charge is 2.59. The molecule has 0 radical (unpaired) electrons. The maximum Gasteiger partial charge on any atom is 0.430 e. The predicted octanol–water partition coefficient (Wildman–Crippen LogP) is 2.42. The van der Waals surface area contributed by atoms with Crippen molar-refractivity contribution in [1.82, 2.24) is 5.32 Å². The minimum absolute atomic E-state index is 0.0913. The molecule has 2 amide bonds. The van der Waals surface area contributed by atoms with E-state index in [9.17, 15) is 35.5 Å². The third kappa shape index (κ3) is 5.96. The number of nitrogen functional groups attached to an aromatic ring is 1. The lowest BCUT2D eigenvalue weighted by molar-refractivity contribution is -0.360. The summed E-state index contributed by atoms with van der Waals surface area (Å²) in [5.41, 5.74) is 2.92. The van der Waals surface area contributed by atoms with Crippen LogP contribution >= 0.6 is 0 Å². The average molecular weight is 518 g/mol. The van der Waals surface area contributed by atoms with Crippen LogP contribution in [0.1, 0.15) is 29.5 Å². The molecule has 0 bridgehead atoms. The molecule has 1 saturated carbocycles. The van der Waals surface area contributed by atoms with Crippen molar-refractivity contribution in [2.45, 2.75) is 37.2 Å². The molecule has 7 nitrogen and oxygen atoms in total. The molecule has 0 unspecified atom stereocenters. The molecular weight excluding hydrogens is 501 g/mol. The van der Waals surface area contributed by atoms with Crippen LogP contribution in [0.4, 0.5) is 47.0 Å². The zero-order valence-corrected chi connectivity index (χ0v) is 18.0. The van der Waals surface area contributed by atoms with E-state index >= 15 is 0 Å². The first-order chi connectivity index (χ1) is 16.6. The fraction of sp³-hybridized carbons (Fsp3) is 0.318. The van der Waals surface area contributed by atoms with Crippen molar-refractivity contribution in [2.24, 2.45) is 5.92 Å². The first kappa shape index (κ1) is 26.6. The molecule has 1 aromatic carbocycles. The number of alkyl halides is 6. The Morgan fingerprint density at radius 2 is 1.83 bits per heavy atom. The number of rotatable bonds is 2. The molecule has 2 aromatic rings. The summed E-state index contributed by atoms with van der Waals surface area (Å²) in [6.07, 6.45) is -7.03. The molecular formula is C22H17F7N4O3. The fourth-order valence-electron chi connectivity index (χ4n) is 3.25. The van der Waals surface area contributed by atoms with Crippen molar-refractivity contribution in [3.8, 4) is 11.8 Å². The van der Waals surface area contributed by atoms with Crippen LogP contribution in [0.2, 0.25) is 0 Å². The molecule has 192 valence electrons. The van der Waals surface area contributed by atoms with Crippen molar-refractivity contribution >= 4 is 23.5 Å². The summed E-state index contributed by atoms with van der Waals surface area (Å²) < 4.78 is 88.5. The highest BCUT2D eigenvalue weighted by atomic mass is 19.4. The number of H-pyrrole nitrogens is 1. The normalized spacial score (nSPS) is 18.9. The zero-order valence-electron chi connectivity index (χ0n) is 18.0. The quantitative estimate of drug-likeness (QED) is 0.418. The van der Waals surface area contributed by atoms with E-state index in [1.54, 1.807) is 18.3 Å². The van der Waals surface area contributed by atoms with Crippen molar-refractivity contribution in [2.75, 3.05) is 11.1 Å². The second kappa shape index (κ2) is 9.56. The number of aromatic amines is 1. The van der Waals surface area contributed by atoms with Gasteiger partial charge in [0.05, 0.1) is 6.20 Å². The highest BCUT2D eigenvalue weighted by molar-refractivity contribution is 5.95. The second-order valence-corrected chi connectivity index (χ2v) is 7.97. The predicted molar refractivity (Wildman–Crippen MR) is 108 cm³/mol. The molecule has 2 heterocycles. The third-order valence-corrected chi connectivity index (χ3v) is 5.12. The summed E-state index contributed by atoms with van der Waals surface area (Å²) in [4.78, 5) is 23.6. The Morgan fingerprint density at radius 3 is 2.36 bits per heavy atom. The fourth-order valence-corrected chi connectivity index (χ4v) is 3.25. The van der Waals surface area contributed by atoms with Crippen molar-refractivity contribution in [3.05, 3.63) is 53.0 Å². The molecule has 1 atom stereocenters. The lowest BCUT2D eigenvalue weighted by Crippen LogP contribution is -2.59. The molecule has 1 fully saturated rings. The van der Waals surface area contributed by atoms with Crippen LogP contribution in [0.5, 0.6) is 0 Å². The maximum absolute atomic E-state index is 14.8. The number of nitrogens with one attached hydrogen (secondary N) is 3. The number of fused-ring (bicyclic) bond motifs is 1. The minimum Gasteiger partial charge on any atom is -0.542 e. The van der Waals surface area contributed by atoms with E-state index in [1.807, 2.05) is 5.32 Å². The number of nitrogens with two attached hydrogens (primary N) is 1. The first-order valence-electron chi connectivity index (χ1n) is 10.2. The van der Waals surface area contributed by atoms with Crippen LogP contribution in [-0.2, 0) is 16.8 Å². The molecule has 0 spiro atoms. The summed E-state index contributed by atoms with van der Waals surface area (Å²) in [6, 6.07) is 4.24. The van der Waals surface area contributed by atoms with Crippen molar-refractivity contribution < 1.29 is 50.4 Å². The van der Waals surface area contributed by atoms with Gasteiger partial charge in [-0.3, -0.25) is 5.73 Å². The lowest BCUT2D eigenvalue weighted by atomic mass is 9.85. The maximum atomic E-state index is 14.8. The number of carboxylic acids is 1. The molecule has 36 heavy (non-hydrogen) atoms. The van der Waals surface area contributed by atoms with Crippen LogP contribution in [-0.4, -0.2) is 24.4 Å². The number of carbonyl (C=O) groups is 2. The van der Waals surface area contributed by atoms with Crippen LogP contribution in [0, 0.1) is 23.6 Å². The zero-order chi connectivity index (χ0) is 26.9. The Labute approximate surface area is 198 Å².